The summed E-state index contributed by atoms with van der Waals surface area (Å²) in [4.78, 5) is 2.77. The van der Waals surface area contributed by atoms with Crippen LogP contribution in [0.25, 0.3) is 0 Å². The summed E-state index contributed by atoms with van der Waals surface area (Å²) in [5.74, 6) is 0. The Morgan fingerprint density at radius 1 is 1.43 bits per heavy atom. The molecule has 2 aliphatic rings. The lowest BCUT2D eigenvalue weighted by molar-refractivity contribution is -0.0855. The first-order valence-electron chi connectivity index (χ1n) is 7.44. The number of rotatable bonds is 3. The van der Waals surface area contributed by atoms with Crippen molar-refractivity contribution < 1.29 is 9.47 Å². The van der Waals surface area contributed by atoms with Crippen LogP contribution in [0.15, 0.2) is 24.3 Å². The summed E-state index contributed by atoms with van der Waals surface area (Å²) >= 11 is 5.07. The van der Waals surface area contributed by atoms with Gasteiger partial charge in [0.2, 0.25) is 0 Å². The van der Waals surface area contributed by atoms with E-state index >= 15 is 0 Å². The molecule has 1 spiro atoms. The van der Waals surface area contributed by atoms with Crippen LogP contribution in [0.5, 0.6) is 0 Å². The fourth-order valence-corrected chi connectivity index (χ4v) is 3.41. The van der Waals surface area contributed by atoms with Crippen LogP contribution < -0.4 is 10.6 Å². The van der Waals surface area contributed by atoms with E-state index in [1.165, 1.54) is 0 Å². The molecule has 0 aliphatic carbocycles. The minimum atomic E-state index is -0.0715. The van der Waals surface area contributed by atoms with E-state index in [-0.39, 0.29) is 5.60 Å². The van der Waals surface area contributed by atoms with Crippen LogP contribution in [0.4, 0.5) is 5.69 Å². The Morgan fingerprint density at radius 3 is 3.00 bits per heavy atom. The molecule has 2 N–H and O–H groups in total. The molecule has 2 saturated heterocycles. The normalized spacial score (nSPS) is 28.7. The molecular formula is C16H22N2O2S. The van der Waals surface area contributed by atoms with Crippen LogP contribution >= 0.6 is 12.2 Å². The molecular weight excluding hydrogens is 284 g/mol. The highest BCUT2D eigenvalue weighted by Gasteiger charge is 2.42. The molecule has 0 aromatic heterocycles. The van der Waals surface area contributed by atoms with E-state index in [9.17, 15) is 0 Å². The maximum atomic E-state index is 6.01. The number of hydrogen-bond donors (Lipinski definition) is 1. The first kappa shape index (κ1) is 14.8. The SMILES string of the molecule is CN(c1cccc(C(N)=S)c1)C1CCOC2(CCOC2)C1. The van der Waals surface area contributed by atoms with E-state index in [1.54, 1.807) is 0 Å². The van der Waals surface area contributed by atoms with Crippen molar-refractivity contribution in [1.29, 1.82) is 0 Å². The predicted molar refractivity (Wildman–Crippen MR) is 87.9 cm³/mol. The maximum Gasteiger partial charge on any atom is 0.104 e. The van der Waals surface area contributed by atoms with Gasteiger partial charge in [0, 0.05) is 44.0 Å². The molecule has 0 saturated carbocycles. The van der Waals surface area contributed by atoms with Gasteiger partial charge in [-0.05, 0) is 25.0 Å². The summed E-state index contributed by atoms with van der Waals surface area (Å²) in [7, 11) is 2.14. The van der Waals surface area contributed by atoms with Gasteiger partial charge in [-0.1, -0.05) is 24.4 Å². The Labute approximate surface area is 131 Å². The summed E-state index contributed by atoms with van der Waals surface area (Å²) in [5, 5.41) is 0. The number of thiocarbonyl (C=S) groups is 1. The quantitative estimate of drug-likeness (QED) is 0.867. The first-order chi connectivity index (χ1) is 10.1. The summed E-state index contributed by atoms with van der Waals surface area (Å²) in [6, 6.07) is 8.59. The smallest absolute Gasteiger partial charge is 0.104 e. The highest BCUT2D eigenvalue weighted by Crippen LogP contribution is 2.35. The molecule has 2 unspecified atom stereocenters. The van der Waals surface area contributed by atoms with Gasteiger partial charge < -0.3 is 20.1 Å². The number of hydrogen-bond acceptors (Lipinski definition) is 4. The first-order valence-corrected chi connectivity index (χ1v) is 7.85. The Bertz CT molecular complexity index is 529. The Balaban J connectivity index is 1.76. The van der Waals surface area contributed by atoms with Gasteiger partial charge in [-0.15, -0.1) is 0 Å². The summed E-state index contributed by atoms with van der Waals surface area (Å²) in [5.41, 5.74) is 7.73. The van der Waals surface area contributed by atoms with Gasteiger partial charge >= 0.3 is 0 Å². The maximum absolute atomic E-state index is 6.01. The minimum absolute atomic E-state index is 0.0715. The molecule has 3 rings (SSSR count). The largest absolute Gasteiger partial charge is 0.389 e. The van der Waals surface area contributed by atoms with Gasteiger partial charge in [0.15, 0.2) is 0 Å². The number of nitrogens with zero attached hydrogens (tertiary/aromatic N) is 1. The van der Waals surface area contributed by atoms with Crippen molar-refractivity contribution in [2.24, 2.45) is 5.73 Å². The highest BCUT2D eigenvalue weighted by molar-refractivity contribution is 7.80. The molecule has 1 aromatic carbocycles. The lowest BCUT2D eigenvalue weighted by Gasteiger charge is -2.41. The zero-order valence-electron chi connectivity index (χ0n) is 12.4. The van der Waals surface area contributed by atoms with E-state index in [0.29, 0.717) is 11.0 Å². The van der Waals surface area contributed by atoms with Crippen molar-refractivity contribution in [1.82, 2.24) is 0 Å². The zero-order valence-corrected chi connectivity index (χ0v) is 13.2. The number of anilines is 1. The second-order valence-corrected chi connectivity index (χ2v) is 6.45. The number of ether oxygens (including phenoxy) is 2. The third-order valence-corrected chi connectivity index (χ3v) is 4.86. The van der Waals surface area contributed by atoms with Gasteiger partial charge in [-0.25, -0.2) is 0 Å². The third-order valence-electron chi connectivity index (χ3n) is 4.62. The predicted octanol–water partition coefficient (Wildman–Crippen LogP) is 2.10. The molecule has 114 valence electrons. The molecule has 2 aliphatic heterocycles. The summed E-state index contributed by atoms with van der Waals surface area (Å²) < 4.78 is 11.6. The van der Waals surface area contributed by atoms with Crippen molar-refractivity contribution >= 4 is 22.9 Å². The topological polar surface area (TPSA) is 47.7 Å². The minimum Gasteiger partial charge on any atom is -0.389 e. The fourth-order valence-electron chi connectivity index (χ4n) is 3.29. The monoisotopic (exact) mass is 306 g/mol. The zero-order chi connectivity index (χ0) is 14.9. The van der Waals surface area contributed by atoms with Gasteiger partial charge in [0.05, 0.1) is 12.2 Å². The molecule has 21 heavy (non-hydrogen) atoms. The van der Waals surface area contributed by atoms with E-state index in [0.717, 1.165) is 50.3 Å². The second-order valence-electron chi connectivity index (χ2n) is 6.01. The van der Waals surface area contributed by atoms with Crippen molar-refractivity contribution in [2.45, 2.75) is 30.9 Å². The second kappa shape index (κ2) is 5.91. The average molecular weight is 306 g/mol. The number of benzene rings is 1. The van der Waals surface area contributed by atoms with Crippen molar-refractivity contribution in [3.8, 4) is 0 Å². The van der Waals surface area contributed by atoms with Gasteiger partial charge in [0.1, 0.15) is 4.99 Å². The van der Waals surface area contributed by atoms with Crippen LogP contribution in [0.3, 0.4) is 0 Å². The molecule has 0 radical (unpaired) electrons. The molecule has 2 atom stereocenters. The van der Waals surface area contributed by atoms with Gasteiger partial charge in [-0.2, -0.15) is 0 Å². The summed E-state index contributed by atoms with van der Waals surface area (Å²) in [6.45, 7) is 2.34. The molecule has 0 bridgehead atoms. The van der Waals surface area contributed by atoms with Crippen LogP contribution in [0, 0.1) is 0 Å². The summed E-state index contributed by atoms with van der Waals surface area (Å²) in [6.07, 6.45) is 3.06. The van der Waals surface area contributed by atoms with Crippen molar-refractivity contribution in [2.75, 3.05) is 31.8 Å². The Morgan fingerprint density at radius 2 is 2.29 bits per heavy atom. The molecule has 5 heteroatoms. The van der Waals surface area contributed by atoms with E-state index in [1.807, 2.05) is 12.1 Å². The molecule has 4 nitrogen and oxygen atoms in total. The van der Waals surface area contributed by atoms with Crippen LogP contribution in [-0.4, -0.2) is 43.5 Å². The number of nitrogens with two attached hydrogens (primary N) is 1. The van der Waals surface area contributed by atoms with Crippen molar-refractivity contribution in [3.05, 3.63) is 29.8 Å². The molecule has 2 heterocycles. The Hall–Kier alpha value is -1.17. The van der Waals surface area contributed by atoms with E-state index in [2.05, 4.69) is 24.1 Å². The molecule has 2 fully saturated rings. The highest BCUT2D eigenvalue weighted by atomic mass is 32.1. The van der Waals surface area contributed by atoms with Gasteiger partial charge in [0.25, 0.3) is 0 Å². The van der Waals surface area contributed by atoms with Crippen LogP contribution in [-0.2, 0) is 9.47 Å². The lowest BCUT2D eigenvalue weighted by Crippen LogP contribution is -2.48. The molecule has 0 amide bonds. The van der Waals surface area contributed by atoms with Crippen LogP contribution in [0.1, 0.15) is 24.8 Å². The average Bonchev–Trinajstić information content (AvgIpc) is 2.94. The van der Waals surface area contributed by atoms with Crippen molar-refractivity contribution in [3.63, 3.8) is 0 Å². The standard InChI is InChI=1S/C16H22N2O2S/c1-18(13-4-2-3-12(9-13)15(17)21)14-5-7-20-16(10-14)6-8-19-11-16/h2-4,9,14H,5-8,10-11H2,1H3,(H2,17,21). The third kappa shape index (κ3) is 3.05. The van der Waals surface area contributed by atoms with E-state index < -0.39 is 0 Å². The fraction of sp³-hybridized carbons (Fsp3) is 0.562. The van der Waals surface area contributed by atoms with Crippen LogP contribution in [0.2, 0.25) is 0 Å². The Kier molecular flexibility index (Phi) is 4.15. The van der Waals surface area contributed by atoms with Gasteiger partial charge in [-0.3, -0.25) is 0 Å². The van der Waals surface area contributed by atoms with E-state index in [4.69, 9.17) is 27.4 Å². The molecule has 1 aromatic rings. The lowest BCUT2D eigenvalue weighted by atomic mass is 9.89.